The Balaban J connectivity index is 2.60. The first-order valence-electron chi connectivity index (χ1n) is 7.71. The van der Waals surface area contributed by atoms with Gasteiger partial charge in [-0.1, -0.05) is 37.6 Å². The molecule has 1 aromatic carbocycles. The van der Waals surface area contributed by atoms with Gasteiger partial charge in [0.15, 0.2) is 0 Å². The highest BCUT2D eigenvalue weighted by atomic mass is 35.5. The fourth-order valence-electron chi connectivity index (χ4n) is 2.35. The van der Waals surface area contributed by atoms with Crippen molar-refractivity contribution in [1.82, 2.24) is 4.98 Å². The van der Waals surface area contributed by atoms with E-state index >= 15 is 0 Å². The Labute approximate surface area is 140 Å². The fraction of sp³-hybridized carbons (Fsp3) is 0.412. The van der Waals surface area contributed by atoms with Crippen LogP contribution in [0.25, 0.3) is 10.9 Å². The van der Waals surface area contributed by atoms with Gasteiger partial charge < -0.3 is 15.0 Å². The lowest BCUT2D eigenvalue weighted by atomic mass is 10.1. The largest absolute Gasteiger partial charge is 0.462 e. The predicted molar refractivity (Wildman–Crippen MR) is 93.5 cm³/mol. The Morgan fingerprint density at radius 3 is 2.78 bits per heavy atom. The van der Waals surface area contributed by atoms with E-state index in [1.807, 2.05) is 6.07 Å². The van der Waals surface area contributed by atoms with Gasteiger partial charge in [0.25, 0.3) is 5.56 Å². The van der Waals surface area contributed by atoms with Crippen LogP contribution in [0, 0.1) is 5.92 Å². The van der Waals surface area contributed by atoms with E-state index in [1.165, 1.54) is 0 Å². The maximum Gasteiger partial charge on any atom is 0.345 e. The second-order valence-electron chi connectivity index (χ2n) is 5.70. The molecule has 0 fully saturated rings. The van der Waals surface area contributed by atoms with Crippen molar-refractivity contribution < 1.29 is 9.53 Å². The Morgan fingerprint density at radius 2 is 2.13 bits per heavy atom. The van der Waals surface area contributed by atoms with Crippen LogP contribution >= 0.6 is 11.6 Å². The summed E-state index contributed by atoms with van der Waals surface area (Å²) < 4.78 is 5.02. The molecule has 2 aromatic rings. The number of fused-ring (bicyclic) bond motifs is 1. The molecule has 1 heterocycles. The third-order valence-corrected chi connectivity index (χ3v) is 3.82. The van der Waals surface area contributed by atoms with Crippen molar-refractivity contribution in [2.24, 2.45) is 5.92 Å². The SMILES string of the molecule is CCOC(=O)c1c(NCCC(C)C)c2cccc(Cl)c2[nH]c1=O. The molecule has 0 saturated carbocycles. The van der Waals surface area contributed by atoms with Crippen molar-refractivity contribution in [3.05, 3.63) is 39.1 Å². The van der Waals surface area contributed by atoms with E-state index in [1.54, 1.807) is 19.1 Å². The molecule has 1 aromatic heterocycles. The van der Waals surface area contributed by atoms with Crippen LogP contribution in [0.5, 0.6) is 0 Å². The summed E-state index contributed by atoms with van der Waals surface area (Å²) in [5, 5.41) is 4.35. The van der Waals surface area contributed by atoms with Gasteiger partial charge in [0.05, 0.1) is 22.8 Å². The van der Waals surface area contributed by atoms with Gasteiger partial charge in [0.1, 0.15) is 5.56 Å². The minimum absolute atomic E-state index is 0.00891. The van der Waals surface area contributed by atoms with Gasteiger partial charge in [-0.15, -0.1) is 0 Å². The first-order chi connectivity index (χ1) is 11.0. The number of ether oxygens (including phenoxy) is 1. The molecule has 124 valence electrons. The van der Waals surface area contributed by atoms with E-state index in [2.05, 4.69) is 24.1 Å². The number of rotatable bonds is 6. The molecule has 0 unspecified atom stereocenters. The zero-order valence-electron chi connectivity index (χ0n) is 13.5. The number of esters is 1. The maximum absolute atomic E-state index is 12.4. The second kappa shape index (κ2) is 7.51. The predicted octanol–water partition coefficient (Wildman–Crippen LogP) is 3.82. The lowest BCUT2D eigenvalue weighted by Crippen LogP contribution is -2.23. The van der Waals surface area contributed by atoms with Gasteiger partial charge in [-0.2, -0.15) is 0 Å². The molecular formula is C17H21ClN2O3. The number of hydrogen-bond acceptors (Lipinski definition) is 4. The molecule has 0 saturated heterocycles. The first-order valence-corrected chi connectivity index (χ1v) is 8.09. The van der Waals surface area contributed by atoms with Crippen molar-refractivity contribution in [3.8, 4) is 0 Å². The van der Waals surface area contributed by atoms with Crippen LogP contribution in [-0.2, 0) is 4.74 Å². The summed E-state index contributed by atoms with van der Waals surface area (Å²) in [7, 11) is 0. The van der Waals surface area contributed by atoms with E-state index in [-0.39, 0.29) is 12.2 Å². The molecule has 2 rings (SSSR count). The Kier molecular flexibility index (Phi) is 5.66. The van der Waals surface area contributed by atoms with Gasteiger partial charge in [-0.25, -0.2) is 4.79 Å². The summed E-state index contributed by atoms with van der Waals surface area (Å²) in [5.41, 5.74) is 0.478. The highest BCUT2D eigenvalue weighted by Gasteiger charge is 2.21. The standard InChI is InChI=1S/C17H21ClN2O3/c1-4-23-17(22)13-15(19-9-8-10(2)3)11-6-5-7-12(18)14(11)20-16(13)21/h5-7,10H,4,8-9H2,1-3H3,(H2,19,20,21). The second-order valence-corrected chi connectivity index (χ2v) is 6.10. The van der Waals surface area contributed by atoms with Crippen LogP contribution in [0.4, 0.5) is 5.69 Å². The average Bonchev–Trinajstić information content (AvgIpc) is 2.48. The van der Waals surface area contributed by atoms with Crippen LogP contribution < -0.4 is 10.9 Å². The number of pyridine rings is 1. The average molecular weight is 337 g/mol. The molecule has 2 N–H and O–H groups in total. The monoisotopic (exact) mass is 336 g/mol. The van der Waals surface area contributed by atoms with Crippen molar-refractivity contribution in [1.29, 1.82) is 0 Å². The first kappa shape index (κ1) is 17.3. The van der Waals surface area contributed by atoms with Crippen LogP contribution in [0.1, 0.15) is 37.6 Å². The molecular weight excluding hydrogens is 316 g/mol. The summed E-state index contributed by atoms with van der Waals surface area (Å²) in [6.07, 6.45) is 0.914. The number of aromatic amines is 1. The number of benzene rings is 1. The smallest absolute Gasteiger partial charge is 0.345 e. The highest BCUT2D eigenvalue weighted by Crippen LogP contribution is 2.29. The number of carbonyl (C=O) groups is 1. The molecule has 0 bridgehead atoms. The summed E-state index contributed by atoms with van der Waals surface area (Å²) in [5.74, 6) is -0.131. The summed E-state index contributed by atoms with van der Waals surface area (Å²) in [4.78, 5) is 27.2. The van der Waals surface area contributed by atoms with Crippen LogP contribution in [0.15, 0.2) is 23.0 Å². The number of nitrogens with one attached hydrogen (secondary N) is 2. The van der Waals surface area contributed by atoms with E-state index in [4.69, 9.17) is 16.3 Å². The lowest BCUT2D eigenvalue weighted by molar-refractivity contribution is 0.0525. The third kappa shape index (κ3) is 3.85. The molecule has 0 amide bonds. The number of anilines is 1. The number of carbonyl (C=O) groups excluding carboxylic acids is 1. The molecule has 0 radical (unpaired) electrons. The molecule has 23 heavy (non-hydrogen) atoms. The van der Waals surface area contributed by atoms with Gasteiger partial charge in [-0.05, 0) is 25.3 Å². The van der Waals surface area contributed by atoms with E-state index in [0.717, 1.165) is 6.42 Å². The number of aromatic nitrogens is 1. The molecule has 0 atom stereocenters. The zero-order valence-corrected chi connectivity index (χ0v) is 14.3. The van der Waals surface area contributed by atoms with Crippen LogP contribution in [-0.4, -0.2) is 24.1 Å². The van der Waals surface area contributed by atoms with Crippen LogP contribution in [0.3, 0.4) is 0 Å². The molecule has 0 aliphatic heterocycles. The number of hydrogen-bond donors (Lipinski definition) is 2. The summed E-state index contributed by atoms with van der Waals surface area (Å²) >= 11 is 6.16. The molecule has 6 heteroatoms. The van der Waals surface area contributed by atoms with Gasteiger partial charge in [0, 0.05) is 11.9 Å². The fourth-order valence-corrected chi connectivity index (χ4v) is 2.57. The van der Waals surface area contributed by atoms with Crippen molar-refractivity contribution >= 4 is 34.2 Å². The van der Waals surface area contributed by atoms with E-state index < -0.39 is 11.5 Å². The van der Waals surface area contributed by atoms with Gasteiger partial charge in [0.2, 0.25) is 0 Å². The molecule has 0 spiro atoms. The number of halogens is 1. The summed E-state index contributed by atoms with van der Waals surface area (Å²) in [6.45, 7) is 6.78. The maximum atomic E-state index is 12.4. The van der Waals surface area contributed by atoms with Crippen molar-refractivity contribution in [3.63, 3.8) is 0 Å². The van der Waals surface area contributed by atoms with Crippen molar-refractivity contribution in [2.45, 2.75) is 27.2 Å². The highest BCUT2D eigenvalue weighted by molar-refractivity contribution is 6.35. The van der Waals surface area contributed by atoms with Gasteiger partial charge in [-0.3, -0.25) is 4.79 Å². The quantitative estimate of drug-likeness (QED) is 0.787. The molecule has 5 nitrogen and oxygen atoms in total. The number of para-hydroxylation sites is 1. The van der Waals surface area contributed by atoms with E-state index in [9.17, 15) is 9.59 Å². The van der Waals surface area contributed by atoms with E-state index in [0.29, 0.717) is 34.1 Å². The number of H-pyrrole nitrogens is 1. The lowest BCUT2D eigenvalue weighted by Gasteiger charge is -2.15. The zero-order chi connectivity index (χ0) is 17.0. The Morgan fingerprint density at radius 1 is 1.39 bits per heavy atom. The topological polar surface area (TPSA) is 71.2 Å². The minimum atomic E-state index is -0.636. The summed E-state index contributed by atoms with van der Waals surface area (Å²) in [6, 6.07) is 5.30. The van der Waals surface area contributed by atoms with Crippen molar-refractivity contribution in [2.75, 3.05) is 18.5 Å². The van der Waals surface area contributed by atoms with Gasteiger partial charge >= 0.3 is 5.97 Å². The Hall–Kier alpha value is -2.01. The molecule has 0 aliphatic rings. The molecule has 0 aliphatic carbocycles. The van der Waals surface area contributed by atoms with Crippen LogP contribution in [0.2, 0.25) is 5.02 Å². The Bertz CT molecular complexity index is 768. The normalized spacial score (nSPS) is 11.0. The third-order valence-electron chi connectivity index (χ3n) is 3.50. The minimum Gasteiger partial charge on any atom is -0.462 e.